The molecule has 15 aromatic carbocycles. The molecular weight excluding hydrogens is 1010 g/mol. The maximum absolute atomic E-state index is 2.40. The number of hydrogen-bond donors (Lipinski definition) is 0. The lowest BCUT2D eigenvalue weighted by Crippen LogP contribution is -2.09. The van der Waals surface area contributed by atoms with Crippen LogP contribution in [-0.4, -0.2) is 0 Å². The minimum absolute atomic E-state index is 1.09. The van der Waals surface area contributed by atoms with E-state index in [0.29, 0.717) is 0 Å². The van der Waals surface area contributed by atoms with Crippen LogP contribution in [0.25, 0.3) is 110 Å². The standard InChI is InChI=1S/C82H56N2/c1-7-19-57(20-8-1)61-31-35-65(36-32-61)79-77-51-43-68-56-74(84(70-29-17-6-18-30-70)72-47-41-64(42-48-72)60-25-13-4-14-26-60)50-54-76(68)82(77)80(66-37-33-62(34-38-66)58-21-9-2-10-22-58)78-52-44-67-55-73(49-53-75(67)81(78)79)83(69-27-15-5-16-28-69)71-45-39-63(40-46-71)59-23-11-3-12-24-59/h1-56H. The topological polar surface area (TPSA) is 6.48 Å². The van der Waals surface area contributed by atoms with Gasteiger partial charge in [0.05, 0.1) is 0 Å². The third kappa shape index (κ3) is 9.32. The van der Waals surface area contributed by atoms with Crippen molar-refractivity contribution in [2.75, 3.05) is 9.80 Å². The Labute approximate surface area is 490 Å². The molecule has 394 valence electrons. The molecule has 0 N–H and O–H groups in total. The van der Waals surface area contributed by atoms with Crippen LogP contribution in [0.1, 0.15) is 0 Å². The second-order valence-corrected chi connectivity index (χ2v) is 21.6. The zero-order valence-electron chi connectivity index (χ0n) is 46.2. The third-order valence-corrected chi connectivity index (χ3v) is 16.6. The molecule has 0 fully saturated rings. The van der Waals surface area contributed by atoms with Gasteiger partial charge in [-0.1, -0.05) is 267 Å². The van der Waals surface area contributed by atoms with Gasteiger partial charge in [-0.25, -0.2) is 0 Å². The van der Waals surface area contributed by atoms with Crippen molar-refractivity contribution in [2.24, 2.45) is 0 Å². The Bertz CT molecular complexity index is 4490. The van der Waals surface area contributed by atoms with Gasteiger partial charge in [-0.3, -0.25) is 0 Å². The smallest absolute Gasteiger partial charge is 0.0468 e. The van der Waals surface area contributed by atoms with Gasteiger partial charge in [0.15, 0.2) is 0 Å². The summed E-state index contributed by atoms with van der Waals surface area (Å²) in [6.07, 6.45) is 0. The fourth-order valence-electron chi connectivity index (χ4n) is 12.6. The van der Waals surface area contributed by atoms with Crippen LogP contribution in [0.15, 0.2) is 340 Å². The maximum atomic E-state index is 2.40. The van der Waals surface area contributed by atoms with E-state index in [4.69, 9.17) is 0 Å². The summed E-state index contributed by atoms with van der Waals surface area (Å²) in [7, 11) is 0. The van der Waals surface area contributed by atoms with Crippen LogP contribution in [-0.2, 0) is 0 Å². The molecule has 0 heterocycles. The van der Waals surface area contributed by atoms with E-state index < -0.39 is 0 Å². The lowest BCUT2D eigenvalue weighted by atomic mass is 9.82. The van der Waals surface area contributed by atoms with Crippen LogP contribution in [0.5, 0.6) is 0 Å². The molecule has 0 spiro atoms. The van der Waals surface area contributed by atoms with Crippen molar-refractivity contribution in [1.29, 1.82) is 0 Å². The Balaban J connectivity index is 0.967. The summed E-state index contributed by atoms with van der Waals surface area (Å²) in [5.41, 5.74) is 20.9. The number of fused-ring (bicyclic) bond motifs is 6. The van der Waals surface area contributed by atoms with Gasteiger partial charge < -0.3 is 9.80 Å². The van der Waals surface area contributed by atoms with E-state index in [2.05, 4.69) is 350 Å². The SMILES string of the molecule is c1ccc(-c2ccc(-c3c4ccc5cc(N(c6ccccc6)c6ccc(-c7ccccc7)cc6)ccc5c4c(-c4ccc(-c5ccccc5)cc4)c4ccc5cc(N(c6ccccc6)c6ccc(-c7ccccc7)cc6)ccc5c34)cc2)cc1. The molecule has 0 unspecified atom stereocenters. The van der Waals surface area contributed by atoms with Gasteiger partial charge in [-0.2, -0.15) is 0 Å². The highest BCUT2D eigenvalue weighted by Gasteiger charge is 2.23. The molecule has 0 aromatic heterocycles. The van der Waals surface area contributed by atoms with E-state index in [9.17, 15) is 0 Å². The first-order chi connectivity index (χ1) is 41.7. The minimum atomic E-state index is 1.09. The number of benzene rings is 15. The number of rotatable bonds is 12. The fourth-order valence-corrected chi connectivity index (χ4v) is 12.6. The van der Waals surface area contributed by atoms with E-state index in [1.165, 1.54) is 99.1 Å². The molecule has 0 radical (unpaired) electrons. The fraction of sp³-hybridized carbons (Fsp3) is 0. The first-order valence-corrected chi connectivity index (χ1v) is 28.9. The third-order valence-electron chi connectivity index (χ3n) is 16.6. The Hall–Kier alpha value is -11.1. The lowest BCUT2D eigenvalue weighted by molar-refractivity contribution is 1.29. The zero-order chi connectivity index (χ0) is 55.8. The lowest BCUT2D eigenvalue weighted by Gasteiger charge is -2.27. The average molecular weight is 1070 g/mol. The van der Waals surface area contributed by atoms with Gasteiger partial charge in [0.2, 0.25) is 0 Å². The summed E-state index contributed by atoms with van der Waals surface area (Å²) in [5.74, 6) is 0. The van der Waals surface area contributed by atoms with Crippen LogP contribution < -0.4 is 9.80 Å². The van der Waals surface area contributed by atoms with Crippen LogP contribution in [0.3, 0.4) is 0 Å². The highest BCUT2D eigenvalue weighted by atomic mass is 15.1. The normalized spacial score (nSPS) is 11.3. The Kier molecular flexibility index (Phi) is 12.9. The molecule has 0 aliphatic heterocycles. The number of hydrogen-bond acceptors (Lipinski definition) is 2. The van der Waals surface area contributed by atoms with Gasteiger partial charge >= 0.3 is 0 Å². The van der Waals surface area contributed by atoms with E-state index in [-0.39, 0.29) is 0 Å². The quantitative estimate of drug-likeness (QED) is 0.0889. The van der Waals surface area contributed by atoms with Crippen LogP contribution in [0.2, 0.25) is 0 Å². The molecule has 0 saturated carbocycles. The number of nitrogens with zero attached hydrogens (tertiary/aromatic N) is 2. The van der Waals surface area contributed by atoms with Crippen molar-refractivity contribution in [3.8, 4) is 66.8 Å². The zero-order valence-corrected chi connectivity index (χ0v) is 46.2. The van der Waals surface area contributed by atoms with Gasteiger partial charge in [0, 0.05) is 34.1 Å². The van der Waals surface area contributed by atoms with Crippen molar-refractivity contribution < 1.29 is 0 Å². The molecule has 0 aliphatic carbocycles. The van der Waals surface area contributed by atoms with Crippen molar-refractivity contribution in [3.63, 3.8) is 0 Å². The molecule has 84 heavy (non-hydrogen) atoms. The molecule has 0 saturated heterocycles. The summed E-state index contributed by atoms with van der Waals surface area (Å²) < 4.78 is 0. The van der Waals surface area contributed by atoms with Gasteiger partial charge in [-0.05, 0) is 183 Å². The summed E-state index contributed by atoms with van der Waals surface area (Å²) in [6.45, 7) is 0. The van der Waals surface area contributed by atoms with E-state index in [0.717, 1.165) is 44.9 Å². The second-order valence-electron chi connectivity index (χ2n) is 21.6. The van der Waals surface area contributed by atoms with E-state index >= 15 is 0 Å². The van der Waals surface area contributed by atoms with Crippen molar-refractivity contribution in [1.82, 2.24) is 0 Å². The summed E-state index contributed by atoms with van der Waals surface area (Å²) in [4.78, 5) is 4.75. The largest absolute Gasteiger partial charge is 0.310 e. The van der Waals surface area contributed by atoms with Crippen molar-refractivity contribution in [3.05, 3.63) is 340 Å². The van der Waals surface area contributed by atoms with Crippen molar-refractivity contribution >= 4 is 77.2 Å². The maximum Gasteiger partial charge on any atom is 0.0468 e. The van der Waals surface area contributed by atoms with Crippen molar-refractivity contribution in [2.45, 2.75) is 0 Å². The second kappa shape index (κ2) is 21.8. The number of anilines is 6. The van der Waals surface area contributed by atoms with Crippen LogP contribution in [0, 0.1) is 0 Å². The van der Waals surface area contributed by atoms with E-state index in [1.807, 2.05) is 0 Å². The monoisotopic (exact) mass is 1070 g/mol. The molecule has 0 atom stereocenters. The molecule has 2 nitrogen and oxygen atoms in total. The molecular formula is C82H56N2. The molecule has 15 aromatic rings. The van der Waals surface area contributed by atoms with Crippen LogP contribution >= 0.6 is 0 Å². The molecule has 0 aliphatic rings. The predicted molar refractivity (Wildman–Crippen MR) is 358 cm³/mol. The summed E-state index contributed by atoms with van der Waals surface area (Å²) >= 11 is 0. The highest BCUT2D eigenvalue weighted by Crippen LogP contribution is 2.50. The van der Waals surface area contributed by atoms with Crippen LogP contribution in [0.4, 0.5) is 34.1 Å². The summed E-state index contributed by atoms with van der Waals surface area (Å²) in [6, 6.07) is 124. The molecule has 2 heteroatoms. The average Bonchev–Trinajstić information content (AvgIpc) is 2.66. The minimum Gasteiger partial charge on any atom is -0.310 e. The first-order valence-electron chi connectivity index (χ1n) is 28.9. The molecule has 0 bridgehead atoms. The highest BCUT2D eigenvalue weighted by molar-refractivity contribution is 6.32. The Morgan fingerprint density at radius 3 is 0.690 bits per heavy atom. The Morgan fingerprint density at radius 1 is 0.155 bits per heavy atom. The first kappa shape index (κ1) is 49.9. The molecule has 15 rings (SSSR count). The van der Waals surface area contributed by atoms with E-state index in [1.54, 1.807) is 0 Å². The Morgan fingerprint density at radius 2 is 0.381 bits per heavy atom. The van der Waals surface area contributed by atoms with Gasteiger partial charge in [0.25, 0.3) is 0 Å². The molecule has 0 amide bonds. The van der Waals surface area contributed by atoms with Gasteiger partial charge in [-0.15, -0.1) is 0 Å². The summed E-state index contributed by atoms with van der Waals surface area (Å²) in [5, 5.41) is 9.58. The van der Waals surface area contributed by atoms with Gasteiger partial charge in [0.1, 0.15) is 0 Å². The number of para-hydroxylation sites is 2. The predicted octanol–water partition coefficient (Wildman–Crippen LogP) is 23.2.